The number of carbonyl (C=O) groups is 1. The van der Waals surface area contributed by atoms with E-state index in [0.717, 1.165) is 11.8 Å². The number of pyridine rings is 1. The summed E-state index contributed by atoms with van der Waals surface area (Å²) in [6, 6.07) is 5.67. The van der Waals surface area contributed by atoms with Crippen molar-refractivity contribution in [3.63, 3.8) is 0 Å². The summed E-state index contributed by atoms with van der Waals surface area (Å²) in [5, 5.41) is 17.9. The SMILES string of the molecule is N#Cc1c(C(F)(F)F)cc(=O)[nH]c1SCc1cc(C(=O)O)ccc1Cl. The predicted molar refractivity (Wildman–Crippen MR) is 84.8 cm³/mol. The van der Waals surface area contributed by atoms with Gasteiger partial charge in [0, 0.05) is 16.8 Å². The number of carboxylic acids is 1. The van der Waals surface area contributed by atoms with Gasteiger partial charge in [0.15, 0.2) is 0 Å². The topological polar surface area (TPSA) is 94.0 Å². The molecule has 0 amide bonds. The molecule has 1 aromatic heterocycles. The number of carboxylic acid groups (broad SMARTS) is 1. The Morgan fingerprint density at radius 1 is 1.36 bits per heavy atom. The van der Waals surface area contributed by atoms with E-state index in [9.17, 15) is 22.8 Å². The second kappa shape index (κ2) is 7.21. The Balaban J connectivity index is 2.41. The standard InChI is InChI=1S/C15H8ClF3N2O3S/c16-11-2-1-7(14(23)24)3-8(11)6-25-13-9(5-20)10(15(17,18)19)4-12(22)21-13/h1-4H,6H2,(H,21,22)(H,23,24). The van der Waals surface area contributed by atoms with Crippen molar-refractivity contribution in [2.75, 3.05) is 0 Å². The third-order valence-electron chi connectivity index (χ3n) is 3.09. The molecule has 0 aliphatic heterocycles. The number of aromatic carboxylic acids is 1. The number of H-pyrrole nitrogens is 1. The number of rotatable bonds is 4. The molecule has 2 aromatic rings. The van der Waals surface area contributed by atoms with Crippen molar-refractivity contribution in [1.29, 1.82) is 5.26 Å². The highest BCUT2D eigenvalue weighted by Gasteiger charge is 2.35. The van der Waals surface area contributed by atoms with E-state index in [-0.39, 0.29) is 21.4 Å². The molecule has 0 aliphatic carbocycles. The molecule has 0 spiro atoms. The highest BCUT2D eigenvalue weighted by Crippen LogP contribution is 2.35. The van der Waals surface area contributed by atoms with Crippen molar-refractivity contribution in [1.82, 2.24) is 4.98 Å². The third-order valence-corrected chi connectivity index (χ3v) is 4.51. The number of nitriles is 1. The van der Waals surface area contributed by atoms with Crippen LogP contribution in [0.2, 0.25) is 5.02 Å². The molecule has 0 saturated carbocycles. The van der Waals surface area contributed by atoms with E-state index in [2.05, 4.69) is 4.98 Å². The first kappa shape index (κ1) is 18.9. The van der Waals surface area contributed by atoms with Crippen LogP contribution in [0.5, 0.6) is 0 Å². The average Bonchev–Trinajstić information content (AvgIpc) is 2.52. The van der Waals surface area contributed by atoms with Gasteiger partial charge >= 0.3 is 12.1 Å². The number of nitrogens with zero attached hydrogens (tertiary/aromatic N) is 1. The lowest BCUT2D eigenvalue weighted by atomic mass is 10.1. The molecule has 1 heterocycles. The summed E-state index contributed by atoms with van der Waals surface area (Å²) < 4.78 is 38.9. The minimum atomic E-state index is -4.85. The average molecular weight is 389 g/mol. The lowest BCUT2D eigenvalue weighted by Crippen LogP contribution is -2.17. The van der Waals surface area contributed by atoms with Gasteiger partial charge in [-0.25, -0.2) is 4.79 Å². The lowest BCUT2D eigenvalue weighted by Gasteiger charge is -2.12. The highest BCUT2D eigenvalue weighted by atomic mass is 35.5. The highest BCUT2D eigenvalue weighted by molar-refractivity contribution is 7.98. The fraction of sp³-hybridized carbons (Fsp3) is 0.133. The molecule has 10 heteroatoms. The Kier molecular flexibility index (Phi) is 5.45. The van der Waals surface area contributed by atoms with Crippen molar-refractivity contribution in [2.24, 2.45) is 0 Å². The molecular weight excluding hydrogens is 381 g/mol. The molecule has 0 bridgehead atoms. The van der Waals surface area contributed by atoms with E-state index in [4.69, 9.17) is 22.0 Å². The summed E-state index contributed by atoms with van der Waals surface area (Å²) in [6.45, 7) is 0. The van der Waals surface area contributed by atoms with Gasteiger partial charge in [-0.1, -0.05) is 11.6 Å². The van der Waals surface area contributed by atoms with Crippen LogP contribution in [0.25, 0.3) is 0 Å². The summed E-state index contributed by atoms with van der Waals surface area (Å²) in [6.07, 6.45) is -4.85. The van der Waals surface area contributed by atoms with Crippen molar-refractivity contribution in [3.05, 3.63) is 61.9 Å². The normalized spacial score (nSPS) is 11.2. The molecule has 25 heavy (non-hydrogen) atoms. The molecule has 1 aromatic carbocycles. The molecule has 0 aliphatic rings. The molecule has 130 valence electrons. The largest absolute Gasteiger partial charge is 0.478 e. The number of hydrogen-bond donors (Lipinski definition) is 2. The van der Waals surface area contributed by atoms with Crippen LogP contribution in [0.3, 0.4) is 0 Å². The van der Waals surface area contributed by atoms with Gasteiger partial charge in [-0.05, 0) is 23.8 Å². The van der Waals surface area contributed by atoms with Crippen molar-refractivity contribution in [2.45, 2.75) is 17.0 Å². The van der Waals surface area contributed by atoms with Crippen LogP contribution < -0.4 is 5.56 Å². The summed E-state index contributed by atoms with van der Waals surface area (Å²) >= 11 is 6.70. The first-order valence-electron chi connectivity index (χ1n) is 6.52. The minimum absolute atomic E-state index is 0.0358. The molecule has 0 unspecified atom stereocenters. The summed E-state index contributed by atoms with van der Waals surface area (Å²) in [5.74, 6) is -1.22. The second-order valence-corrected chi connectivity index (χ2v) is 6.15. The smallest absolute Gasteiger partial charge is 0.417 e. The number of hydrogen-bond acceptors (Lipinski definition) is 4. The monoisotopic (exact) mass is 388 g/mol. The maximum Gasteiger partial charge on any atom is 0.417 e. The van der Waals surface area contributed by atoms with E-state index in [1.165, 1.54) is 24.3 Å². The Bertz CT molecular complexity index is 935. The van der Waals surface area contributed by atoms with Crippen LogP contribution in [0, 0.1) is 11.3 Å². The van der Waals surface area contributed by atoms with E-state index in [0.29, 0.717) is 11.6 Å². The Morgan fingerprint density at radius 3 is 2.60 bits per heavy atom. The van der Waals surface area contributed by atoms with Crippen molar-refractivity contribution >= 4 is 29.3 Å². The van der Waals surface area contributed by atoms with Crippen LogP contribution in [-0.2, 0) is 11.9 Å². The van der Waals surface area contributed by atoms with Crippen LogP contribution >= 0.6 is 23.4 Å². The van der Waals surface area contributed by atoms with Crippen molar-refractivity contribution < 1.29 is 23.1 Å². The Hall–Kier alpha value is -2.44. The molecular formula is C15H8ClF3N2O3S. The molecule has 0 saturated heterocycles. The minimum Gasteiger partial charge on any atom is -0.478 e. The maximum absolute atomic E-state index is 13.0. The van der Waals surface area contributed by atoms with Gasteiger partial charge in [0.25, 0.3) is 0 Å². The van der Waals surface area contributed by atoms with E-state index < -0.39 is 28.8 Å². The van der Waals surface area contributed by atoms with Gasteiger partial charge < -0.3 is 10.1 Å². The van der Waals surface area contributed by atoms with Gasteiger partial charge in [0.2, 0.25) is 5.56 Å². The quantitative estimate of drug-likeness (QED) is 0.774. The number of benzene rings is 1. The van der Waals surface area contributed by atoms with Crippen LogP contribution in [0.15, 0.2) is 34.1 Å². The molecule has 0 atom stereocenters. The molecule has 0 radical (unpaired) electrons. The first-order chi connectivity index (χ1) is 11.6. The Labute approximate surface area is 148 Å². The lowest BCUT2D eigenvalue weighted by molar-refractivity contribution is -0.138. The van der Waals surface area contributed by atoms with Gasteiger partial charge in [0.05, 0.1) is 21.7 Å². The van der Waals surface area contributed by atoms with Gasteiger partial charge in [0.1, 0.15) is 6.07 Å². The molecule has 5 nitrogen and oxygen atoms in total. The van der Waals surface area contributed by atoms with E-state index in [1.807, 2.05) is 0 Å². The number of aromatic nitrogens is 1. The number of aromatic amines is 1. The zero-order chi connectivity index (χ0) is 18.8. The third kappa shape index (κ3) is 4.35. The predicted octanol–water partition coefficient (Wildman–Crippen LogP) is 3.91. The van der Waals surface area contributed by atoms with Gasteiger partial charge in [-0.2, -0.15) is 18.4 Å². The molecule has 0 fully saturated rings. The molecule has 2 rings (SSSR count). The summed E-state index contributed by atoms with van der Waals surface area (Å²) in [5.41, 5.74) is -2.74. The van der Waals surface area contributed by atoms with Crippen LogP contribution in [0.1, 0.15) is 27.0 Å². The van der Waals surface area contributed by atoms with Gasteiger partial charge in [-0.15, -0.1) is 11.8 Å². The summed E-state index contributed by atoms with van der Waals surface area (Å²) in [4.78, 5) is 24.6. The second-order valence-electron chi connectivity index (χ2n) is 4.76. The first-order valence-corrected chi connectivity index (χ1v) is 7.89. The van der Waals surface area contributed by atoms with Crippen molar-refractivity contribution in [3.8, 4) is 6.07 Å². The van der Waals surface area contributed by atoms with Gasteiger partial charge in [-0.3, -0.25) is 4.79 Å². The zero-order valence-electron chi connectivity index (χ0n) is 12.1. The number of thioether (sulfide) groups is 1. The van der Waals surface area contributed by atoms with Crippen LogP contribution in [-0.4, -0.2) is 16.1 Å². The fourth-order valence-corrected chi connectivity index (χ4v) is 3.22. The van der Waals surface area contributed by atoms with E-state index in [1.54, 1.807) is 0 Å². The maximum atomic E-state index is 13.0. The van der Waals surface area contributed by atoms with E-state index >= 15 is 0 Å². The number of alkyl halides is 3. The zero-order valence-corrected chi connectivity index (χ0v) is 13.7. The summed E-state index contributed by atoms with van der Waals surface area (Å²) in [7, 11) is 0. The fourth-order valence-electron chi connectivity index (χ4n) is 1.95. The van der Waals surface area contributed by atoms with Crippen LogP contribution in [0.4, 0.5) is 13.2 Å². The number of nitrogens with one attached hydrogen (secondary N) is 1. The number of halogens is 4. The Morgan fingerprint density at radius 2 is 2.04 bits per heavy atom. The molecule has 2 N–H and O–H groups in total.